The minimum atomic E-state index is -0.370. The predicted octanol–water partition coefficient (Wildman–Crippen LogP) is -2.17. The smallest absolute Gasteiger partial charge is 0.267 e. The molecule has 0 aliphatic carbocycles. The van der Waals surface area contributed by atoms with E-state index in [1.807, 2.05) is 0 Å². The van der Waals surface area contributed by atoms with Crippen molar-refractivity contribution >= 4 is 21.8 Å². The second kappa shape index (κ2) is 7.39. The second-order valence-corrected chi connectivity index (χ2v) is 6.76. The number of benzene rings is 1. The first-order chi connectivity index (χ1) is 15.1. The first-order valence-corrected chi connectivity index (χ1v) is 9.18. The summed E-state index contributed by atoms with van der Waals surface area (Å²) < 4.78 is 3.93. The minimum absolute atomic E-state index is 0.206. The highest BCUT2D eigenvalue weighted by Crippen LogP contribution is 2.14. The normalized spacial score (nSPS) is 12.5. The van der Waals surface area contributed by atoms with Gasteiger partial charge in [0.05, 0.1) is 36.4 Å². The third-order valence-electron chi connectivity index (χ3n) is 4.69. The molecule has 0 aliphatic heterocycles. The molecular formula is C15H14N14O2. The molecule has 156 valence electrons. The molecule has 16 nitrogen and oxygen atoms in total. The summed E-state index contributed by atoms with van der Waals surface area (Å²) in [7, 11) is 0. The number of hydrogen-bond donors (Lipinski definition) is 0. The Labute approximate surface area is 171 Å². The topological polar surface area (TPSA) is 183 Å². The molecule has 0 bridgehead atoms. The summed E-state index contributed by atoms with van der Waals surface area (Å²) in [6.45, 7) is 2.65. The van der Waals surface area contributed by atoms with Crippen molar-refractivity contribution in [3.05, 3.63) is 45.5 Å². The number of rotatable bonds is 6. The molecule has 4 aromatic heterocycles. The fraction of sp³-hybridized carbons (Fsp3) is 0.333. The first-order valence-electron chi connectivity index (χ1n) is 9.18. The van der Waals surface area contributed by atoms with Crippen LogP contribution in [-0.4, -0.2) is 70.4 Å². The zero-order valence-corrected chi connectivity index (χ0v) is 16.1. The summed E-state index contributed by atoms with van der Waals surface area (Å²) in [4.78, 5) is 27.1. The van der Waals surface area contributed by atoms with Crippen LogP contribution in [0.5, 0.6) is 0 Å². The van der Waals surface area contributed by atoms with Crippen LogP contribution in [-0.2, 0) is 19.6 Å². The Balaban J connectivity index is 1.52. The van der Waals surface area contributed by atoms with Crippen LogP contribution < -0.4 is 11.1 Å². The zero-order valence-electron chi connectivity index (χ0n) is 16.1. The third-order valence-corrected chi connectivity index (χ3v) is 4.69. The lowest BCUT2D eigenvalue weighted by atomic mass is 10.2. The number of aryl methyl sites for hydroxylation is 2. The molecule has 1 atom stereocenters. The van der Waals surface area contributed by atoms with E-state index in [1.54, 1.807) is 6.92 Å². The van der Waals surface area contributed by atoms with Crippen LogP contribution in [0.15, 0.2) is 34.4 Å². The molecule has 1 aromatic carbocycles. The summed E-state index contributed by atoms with van der Waals surface area (Å²) in [6, 6.07) is 2.64. The maximum absolute atomic E-state index is 13.0. The van der Waals surface area contributed by atoms with Gasteiger partial charge in [-0.3, -0.25) is 9.59 Å². The highest BCUT2D eigenvalue weighted by atomic mass is 16.1. The van der Waals surface area contributed by atoms with E-state index >= 15 is 0 Å². The van der Waals surface area contributed by atoms with Crippen LogP contribution in [0.2, 0.25) is 0 Å². The van der Waals surface area contributed by atoms with Crippen molar-refractivity contribution < 1.29 is 0 Å². The third kappa shape index (κ3) is 3.38. The van der Waals surface area contributed by atoms with E-state index in [-0.39, 0.29) is 45.5 Å². The largest absolute Gasteiger partial charge is 0.277 e. The number of hydrogen-bond acceptors (Lipinski definition) is 12. The highest BCUT2D eigenvalue weighted by Gasteiger charge is 2.16. The van der Waals surface area contributed by atoms with Gasteiger partial charge in [0.15, 0.2) is 6.33 Å². The molecule has 0 N–H and O–H groups in total. The molecule has 0 unspecified atom stereocenters. The molecule has 31 heavy (non-hydrogen) atoms. The quantitative estimate of drug-likeness (QED) is 0.270. The summed E-state index contributed by atoms with van der Waals surface area (Å²) in [6.07, 6.45) is 2.75. The van der Waals surface area contributed by atoms with Gasteiger partial charge in [0.1, 0.15) is 17.4 Å². The molecule has 0 aliphatic rings. The van der Waals surface area contributed by atoms with Crippen molar-refractivity contribution in [1.29, 1.82) is 0 Å². The number of fused-ring (bicyclic) bond motifs is 2. The van der Waals surface area contributed by atoms with E-state index in [4.69, 9.17) is 0 Å². The number of nitrogens with zero attached hydrogens (tertiary/aromatic N) is 14. The fourth-order valence-electron chi connectivity index (χ4n) is 3.15. The average molecular weight is 422 g/mol. The molecule has 0 saturated heterocycles. The van der Waals surface area contributed by atoms with Gasteiger partial charge in [-0.1, -0.05) is 10.4 Å². The monoisotopic (exact) mass is 422 g/mol. The fourth-order valence-corrected chi connectivity index (χ4v) is 3.15. The molecule has 0 saturated carbocycles. The molecule has 4 heterocycles. The van der Waals surface area contributed by atoms with E-state index in [0.29, 0.717) is 13.1 Å². The Morgan fingerprint density at radius 3 is 2.39 bits per heavy atom. The summed E-state index contributed by atoms with van der Waals surface area (Å²) in [5.41, 5.74) is -0.156. The van der Waals surface area contributed by atoms with Crippen molar-refractivity contribution in [3.63, 3.8) is 0 Å². The van der Waals surface area contributed by atoms with Crippen LogP contribution in [0.25, 0.3) is 21.8 Å². The Morgan fingerprint density at radius 1 is 0.903 bits per heavy atom. The highest BCUT2D eigenvalue weighted by molar-refractivity contribution is 5.93. The van der Waals surface area contributed by atoms with Crippen LogP contribution in [0, 0.1) is 0 Å². The maximum atomic E-state index is 13.0. The number of tetrazole rings is 2. The van der Waals surface area contributed by atoms with Crippen molar-refractivity contribution in [2.24, 2.45) is 0 Å². The SMILES string of the molecule is C[C@H](Cn1cnnn1)n1nnc2cc3c(=O)n(CCn4ncnn4)nnc3cc2c1=O. The van der Waals surface area contributed by atoms with Crippen molar-refractivity contribution in [2.45, 2.75) is 32.6 Å². The average Bonchev–Trinajstić information content (AvgIpc) is 3.47. The Bertz CT molecular complexity index is 1470. The molecule has 16 heteroatoms. The van der Waals surface area contributed by atoms with Gasteiger partial charge in [-0.15, -0.1) is 25.5 Å². The van der Waals surface area contributed by atoms with Gasteiger partial charge in [-0.2, -0.15) is 4.80 Å². The summed E-state index contributed by atoms with van der Waals surface area (Å²) in [5, 5.41) is 38.9. The minimum Gasteiger partial charge on any atom is -0.267 e. The second-order valence-electron chi connectivity index (χ2n) is 6.76. The summed E-state index contributed by atoms with van der Waals surface area (Å²) >= 11 is 0. The molecule has 5 aromatic rings. The van der Waals surface area contributed by atoms with Crippen molar-refractivity contribution in [2.75, 3.05) is 0 Å². The van der Waals surface area contributed by atoms with Gasteiger partial charge < -0.3 is 0 Å². The lowest BCUT2D eigenvalue weighted by Gasteiger charge is -2.12. The van der Waals surface area contributed by atoms with Crippen LogP contribution in [0.3, 0.4) is 0 Å². The molecule has 0 fully saturated rings. The molecule has 0 radical (unpaired) electrons. The molecular weight excluding hydrogens is 408 g/mol. The predicted molar refractivity (Wildman–Crippen MR) is 101 cm³/mol. The molecule has 0 spiro atoms. The van der Waals surface area contributed by atoms with E-state index in [2.05, 4.69) is 51.6 Å². The van der Waals surface area contributed by atoms with E-state index in [1.165, 1.54) is 43.6 Å². The Morgan fingerprint density at radius 2 is 1.68 bits per heavy atom. The van der Waals surface area contributed by atoms with Crippen molar-refractivity contribution in [1.82, 2.24) is 70.4 Å². The molecule has 5 rings (SSSR count). The number of aromatic nitrogens is 14. The standard InChI is InChI=1S/C15H14N14O2/c1-9(6-26-8-17-21-25-26)29-15(31)11-5-12-10(4-13(11)20-24-29)14(30)27(23-19-12)2-3-28-18-7-16-22-28/h4-5,7-9H,2-3,6H2,1H3/t9-/m1/s1. The molecule has 0 amide bonds. The maximum Gasteiger partial charge on any atom is 0.277 e. The van der Waals surface area contributed by atoms with E-state index in [9.17, 15) is 9.59 Å². The zero-order chi connectivity index (χ0) is 21.4. The van der Waals surface area contributed by atoms with Gasteiger partial charge >= 0.3 is 0 Å². The van der Waals surface area contributed by atoms with Gasteiger partial charge in [0, 0.05) is 0 Å². The van der Waals surface area contributed by atoms with Crippen LogP contribution in [0.1, 0.15) is 13.0 Å². The van der Waals surface area contributed by atoms with E-state index < -0.39 is 0 Å². The summed E-state index contributed by atoms with van der Waals surface area (Å²) in [5.74, 6) is 0. The van der Waals surface area contributed by atoms with Crippen LogP contribution in [0.4, 0.5) is 0 Å². The van der Waals surface area contributed by atoms with Gasteiger partial charge in [0.2, 0.25) is 0 Å². The first kappa shape index (κ1) is 18.5. The van der Waals surface area contributed by atoms with Gasteiger partial charge in [-0.05, 0) is 34.7 Å². The Hall–Kier alpha value is -4.50. The van der Waals surface area contributed by atoms with Crippen LogP contribution >= 0.6 is 0 Å². The van der Waals surface area contributed by atoms with Gasteiger partial charge in [0.25, 0.3) is 11.1 Å². The Kier molecular flexibility index (Phi) is 4.42. The lowest BCUT2D eigenvalue weighted by Crippen LogP contribution is -2.30. The van der Waals surface area contributed by atoms with Crippen molar-refractivity contribution in [3.8, 4) is 0 Å². The lowest BCUT2D eigenvalue weighted by molar-refractivity contribution is 0.375. The van der Waals surface area contributed by atoms with Gasteiger partial charge in [-0.25, -0.2) is 14.0 Å². The van der Waals surface area contributed by atoms with E-state index in [0.717, 1.165) is 0 Å².